The SMILES string of the molecule is CNC(=O)Nc1cccc(C)c1C(=N)N. The number of nitrogen functional groups attached to an aromatic ring is 1. The van der Waals surface area contributed by atoms with Crippen molar-refractivity contribution >= 4 is 17.6 Å². The van der Waals surface area contributed by atoms with E-state index in [-0.39, 0.29) is 11.9 Å². The molecule has 0 aliphatic heterocycles. The maximum atomic E-state index is 11.1. The molecule has 80 valence electrons. The molecule has 0 bridgehead atoms. The molecule has 1 rings (SSSR count). The van der Waals surface area contributed by atoms with Crippen LogP contribution in [0.2, 0.25) is 0 Å². The summed E-state index contributed by atoms with van der Waals surface area (Å²) in [5.74, 6) is -0.0560. The number of urea groups is 1. The monoisotopic (exact) mass is 206 g/mol. The van der Waals surface area contributed by atoms with Gasteiger partial charge in [0.15, 0.2) is 0 Å². The zero-order valence-electron chi connectivity index (χ0n) is 8.72. The van der Waals surface area contributed by atoms with Crippen LogP contribution in [0.3, 0.4) is 0 Å². The van der Waals surface area contributed by atoms with Crippen molar-refractivity contribution in [3.05, 3.63) is 29.3 Å². The van der Waals surface area contributed by atoms with Crippen LogP contribution >= 0.6 is 0 Å². The summed E-state index contributed by atoms with van der Waals surface area (Å²) in [5.41, 5.74) is 7.40. The van der Waals surface area contributed by atoms with Gasteiger partial charge in [-0.05, 0) is 18.6 Å². The van der Waals surface area contributed by atoms with Crippen molar-refractivity contribution in [3.8, 4) is 0 Å². The number of nitrogens with one attached hydrogen (secondary N) is 3. The number of amidine groups is 1. The van der Waals surface area contributed by atoms with E-state index in [9.17, 15) is 4.79 Å². The van der Waals surface area contributed by atoms with E-state index >= 15 is 0 Å². The van der Waals surface area contributed by atoms with Crippen LogP contribution in [0.4, 0.5) is 10.5 Å². The fourth-order valence-corrected chi connectivity index (χ4v) is 1.31. The lowest BCUT2D eigenvalue weighted by atomic mass is 10.1. The van der Waals surface area contributed by atoms with Gasteiger partial charge < -0.3 is 16.4 Å². The zero-order chi connectivity index (χ0) is 11.4. The minimum atomic E-state index is -0.330. The number of carbonyl (C=O) groups is 1. The van der Waals surface area contributed by atoms with Crippen LogP contribution in [0.15, 0.2) is 18.2 Å². The number of rotatable bonds is 2. The molecule has 0 saturated heterocycles. The van der Waals surface area contributed by atoms with Gasteiger partial charge in [-0.1, -0.05) is 12.1 Å². The van der Waals surface area contributed by atoms with Crippen molar-refractivity contribution in [2.45, 2.75) is 6.92 Å². The van der Waals surface area contributed by atoms with Gasteiger partial charge >= 0.3 is 6.03 Å². The second kappa shape index (κ2) is 4.45. The molecule has 0 aromatic heterocycles. The summed E-state index contributed by atoms with van der Waals surface area (Å²) in [6.45, 7) is 1.84. The highest BCUT2D eigenvalue weighted by Crippen LogP contribution is 2.18. The normalized spacial score (nSPS) is 9.47. The molecule has 1 aromatic carbocycles. The Morgan fingerprint density at radius 3 is 2.67 bits per heavy atom. The fourth-order valence-electron chi connectivity index (χ4n) is 1.31. The van der Waals surface area contributed by atoms with Crippen LogP contribution in [0.1, 0.15) is 11.1 Å². The zero-order valence-corrected chi connectivity index (χ0v) is 8.72. The summed E-state index contributed by atoms with van der Waals surface area (Å²) in [7, 11) is 1.53. The topological polar surface area (TPSA) is 91.0 Å². The van der Waals surface area contributed by atoms with E-state index in [1.807, 2.05) is 13.0 Å². The predicted octanol–water partition coefficient (Wildman–Crippen LogP) is 1.03. The summed E-state index contributed by atoms with van der Waals surface area (Å²) >= 11 is 0. The lowest BCUT2D eigenvalue weighted by Gasteiger charge is -2.11. The Bertz CT molecular complexity index is 400. The van der Waals surface area contributed by atoms with Crippen molar-refractivity contribution < 1.29 is 4.79 Å². The third-order valence-electron chi connectivity index (χ3n) is 2.02. The molecular formula is C10H14N4O. The lowest BCUT2D eigenvalue weighted by Crippen LogP contribution is -2.26. The van der Waals surface area contributed by atoms with Crippen LogP contribution in [0, 0.1) is 12.3 Å². The molecular weight excluding hydrogens is 192 g/mol. The molecule has 0 atom stereocenters. The number of nitrogens with two attached hydrogens (primary N) is 1. The molecule has 2 amide bonds. The number of benzene rings is 1. The van der Waals surface area contributed by atoms with Crippen molar-refractivity contribution in [1.82, 2.24) is 5.32 Å². The molecule has 0 radical (unpaired) electrons. The smallest absolute Gasteiger partial charge is 0.318 e. The molecule has 0 spiro atoms. The third-order valence-corrected chi connectivity index (χ3v) is 2.02. The minimum Gasteiger partial charge on any atom is -0.384 e. The Balaban J connectivity index is 3.11. The summed E-state index contributed by atoms with van der Waals surface area (Å²) in [6, 6.07) is 5.01. The highest BCUT2D eigenvalue weighted by molar-refractivity contribution is 6.05. The number of hydrogen-bond acceptors (Lipinski definition) is 2. The average molecular weight is 206 g/mol. The number of hydrogen-bond donors (Lipinski definition) is 4. The Morgan fingerprint density at radius 1 is 1.47 bits per heavy atom. The van der Waals surface area contributed by atoms with E-state index in [0.717, 1.165) is 5.56 Å². The van der Waals surface area contributed by atoms with Crippen LogP contribution in [0.5, 0.6) is 0 Å². The Hall–Kier alpha value is -2.04. The molecule has 0 unspecified atom stereocenters. The van der Waals surface area contributed by atoms with E-state index in [0.29, 0.717) is 11.3 Å². The maximum absolute atomic E-state index is 11.1. The van der Waals surface area contributed by atoms with E-state index in [1.54, 1.807) is 12.1 Å². The van der Waals surface area contributed by atoms with Crippen molar-refractivity contribution in [2.24, 2.45) is 5.73 Å². The van der Waals surface area contributed by atoms with Crippen molar-refractivity contribution in [3.63, 3.8) is 0 Å². The molecule has 5 heteroatoms. The van der Waals surface area contributed by atoms with Crippen LogP contribution < -0.4 is 16.4 Å². The van der Waals surface area contributed by atoms with Gasteiger partial charge in [-0.25, -0.2) is 4.79 Å². The van der Waals surface area contributed by atoms with E-state index in [1.165, 1.54) is 7.05 Å². The fraction of sp³-hybridized carbons (Fsp3) is 0.200. The number of aryl methyl sites for hydroxylation is 1. The highest BCUT2D eigenvalue weighted by atomic mass is 16.2. The van der Waals surface area contributed by atoms with E-state index in [4.69, 9.17) is 11.1 Å². The lowest BCUT2D eigenvalue weighted by molar-refractivity contribution is 0.254. The predicted molar refractivity (Wildman–Crippen MR) is 60.3 cm³/mol. The van der Waals surface area contributed by atoms with Gasteiger partial charge in [0.25, 0.3) is 0 Å². The van der Waals surface area contributed by atoms with Crippen molar-refractivity contribution in [1.29, 1.82) is 5.41 Å². The average Bonchev–Trinajstić information content (AvgIpc) is 2.17. The van der Waals surface area contributed by atoms with Gasteiger partial charge in [0.1, 0.15) is 5.84 Å². The first-order valence-electron chi connectivity index (χ1n) is 4.49. The molecule has 1 aromatic rings. The Morgan fingerprint density at radius 2 is 2.13 bits per heavy atom. The summed E-state index contributed by atoms with van der Waals surface area (Å²) in [5, 5.41) is 12.5. The standard InChI is InChI=1S/C10H14N4O/c1-6-4-3-5-7(8(6)9(11)12)14-10(15)13-2/h3-5H,1-2H3,(H3,11,12)(H2,13,14,15). The van der Waals surface area contributed by atoms with E-state index in [2.05, 4.69) is 10.6 Å². The maximum Gasteiger partial charge on any atom is 0.318 e. The van der Waals surface area contributed by atoms with Gasteiger partial charge in [-0.2, -0.15) is 0 Å². The molecule has 0 heterocycles. The number of carbonyl (C=O) groups excluding carboxylic acids is 1. The first-order chi connectivity index (χ1) is 7.06. The number of anilines is 1. The molecule has 0 saturated carbocycles. The molecule has 5 N–H and O–H groups in total. The second-order valence-corrected chi connectivity index (χ2v) is 3.12. The van der Waals surface area contributed by atoms with Gasteiger partial charge in [0, 0.05) is 12.6 Å². The minimum absolute atomic E-state index is 0.0560. The third kappa shape index (κ3) is 2.46. The Kier molecular flexibility index (Phi) is 3.28. The molecule has 0 aliphatic carbocycles. The van der Waals surface area contributed by atoms with Crippen LogP contribution in [-0.4, -0.2) is 18.9 Å². The highest BCUT2D eigenvalue weighted by Gasteiger charge is 2.09. The van der Waals surface area contributed by atoms with Gasteiger partial charge in [0.05, 0.1) is 5.69 Å². The summed E-state index contributed by atoms with van der Waals surface area (Å²) < 4.78 is 0. The molecule has 0 fully saturated rings. The first-order valence-corrected chi connectivity index (χ1v) is 4.49. The molecule has 0 aliphatic rings. The van der Waals surface area contributed by atoms with Crippen LogP contribution in [0.25, 0.3) is 0 Å². The van der Waals surface area contributed by atoms with E-state index < -0.39 is 0 Å². The summed E-state index contributed by atoms with van der Waals surface area (Å²) in [4.78, 5) is 11.1. The largest absolute Gasteiger partial charge is 0.384 e. The Labute approximate surface area is 88.2 Å². The number of amides is 2. The summed E-state index contributed by atoms with van der Waals surface area (Å²) in [6.07, 6.45) is 0. The van der Waals surface area contributed by atoms with Crippen LogP contribution in [-0.2, 0) is 0 Å². The second-order valence-electron chi connectivity index (χ2n) is 3.12. The van der Waals surface area contributed by atoms with Gasteiger partial charge in [-0.3, -0.25) is 5.41 Å². The first kappa shape index (κ1) is 11.0. The van der Waals surface area contributed by atoms with Gasteiger partial charge in [-0.15, -0.1) is 0 Å². The molecule has 15 heavy (non-hydrogen) atoms. The quantitative estimate of drug-likeness (QED) is 0.430. The van der Waals surface area contributed by atoms with Crippen molar-refractivity contribution in [2.75, 3.05) is 12.4 Å². The van der Waals surface area contributed by atoms with Gasteiger partial charge in [0.2, 0.25) is 0 Å². The molecule has 5 nitrogen and oxygen atoms in total.